The van der Waals surface area contributed by atoms with Crippen molar-refractivity contribution in [2.75, 3.05) is 25.1 Å². The molecule has 3 nitrogen and oxygen atoms in total. The van der Waals surface area contributed by atoms with Crippen LogP contribution in [0.1, 0.15) is 12.0 Å². The van der Waals surface area contributed by atoms with Gasteiger partial charge in [-0.15, -0.1) is 12.4 Å². The molecule has 3 rings (SSSR count). The lowest BCUT2D eigenvalue weighted by molar-refractivity contribution is -0.130. The van der Waals surface area contributed by atoms with Gasteiger partial charge in [0.25, 0.3) is 0 Å². The Morgan fingerprint density at radius 2 is 1.88 bits per heavy atom. The monoisotopic (exact) mass is 376 g/mol. The topological polar surface area (TPSA) is 32.3 Å². The molecule has 25 heavy (non-hydrogen) atoms. The standard InChI is InChI=1S/C20H24N2OS.ClH/c1-22(20(23)13-18-15-24-12-11-21-18)14-17-9-5-6-10-19(17)16-7-3-2-4-8-16;/h2-10,18,21H,11-15H2,1H3;1H. The highest BCUT2D eigenvalue weighted by Gasteiger charge is 2.19. The van der Waals surface area contributed by atoms with Gasteiger partial charge in [-0.2, -0.15) is 11.8 Å². The van der Waals surface area contributed by atoms with Crippen LogP contribution in [0.5, 0.6) is 0 Å². The predicted molar refractivity (Wildman–Crippen MR) is 109 cm³/mol. The quantitative estimate of drug-likeness (QED) is 0.860. The molecule has 1 fully saturated rings. The highest BCUT2D eigenvalue weighted by molar-refractivity contribution is 7.99. The van der Waals surface area contributed by atoms with Crippen LogP contribution in [-0.2, 0) is 11.3 Å². The second-order valence-corrected chi connectivity index (χ2v) is 7.35. The van der Waals surface area contributed by atoms with Crippen molar-refractivity contribution >= 4 is 30.1 Å². The zero-order valence-corrected chi connectivity index (χ0v) is 16.1. The second-order valence-electron chi connectivity index (χ2n) is 6.20. The van der Waals surface area contributed by atoms with E-state index in [-0.39, 0.29) is 18.3 Å². The lowest BCUT2D eigenvalue weighted by atomic mass is 9.99. The van der Waals surface area contributed by atoms with E-state index >= 15 is 0 Å². The number of rotatable bonds is 5. The predicted octanol–water partition coefficient (Wildman–Crippen LogP) is 3.83. The van der Waals surface area contributed by atoms with Crippen molar-refractivity contribution in [3.8, 4) is 11.1 Å². The van der Waals surface area contributed by atoms with Gasteiger partial charge in [-0.3, -0.25) is 4.79 Å². The van der Waals surface area contributed by atoms with E-state index < -0.39 is 0 Å². The fourth-order valence-corrected chi connectivity index (χ4v) is 3.97. The first-order chi connectivity index (χ1) is 11.7. The van der Waals surface area contributed by atoms with E-state index in [2.05, 4.69) is 35.6 Å². The van der Waals surface area contributed by atoms with Gasteiger partial charge in [-0.1, -0.05) is 54.6 Å². The molecule has 2 aromatic carbocycles. The number of halogens is 1. The Balaban J connectivity index is 0.00000225. The zero-order chi connectivity index (χ0) is 16.8. The van der Waals surface area contributed by atoms with Crippen molar-refractivity contribution in [2.24, 2.45) is 0 Å². The number of amides is 1. The molecule has 1 aliphatic heterocycles. The Labute approximate surface area is 160 Å². The molecular formula is C20H25ClN2OS. The highest BCUT2D eigenvalue weighted by Crippen LogP contribution is 2.24. The average molecular weight is 377 g/mol. The fourth-order valence-electron chi connectivity index (χ4n) is 3.02. The molecule has 1 heterocycles. The van der Waals surface area contributed by atoms with E-state index in [1.807, 2.05) is 48.0 Å². The Bertz CT molecular complexity index is 674. The maximum Gasteiger partial charge on any atom is 0.224 e. The number of thioether (sulfide) groups is 1. The van der Waals surface area contributed by atoms with Crippen LogP contribution in [-0.4, -0.2) is 41.9 Å². The van der Waals surface area contributed by atoms with E-state index in [0.29, 0.717) is 19.0 Å². The average Bonchev–Trinajstić information content (AvgIpc) is 2.63. The molecule has 2 aromatic rings. The van der Waals surface area contributed by atoms with Gasteiger partial charge in [0.2, 0.25) is 5.91 Å². The molecule has 1 atom stereocenters. The number of carbonyl (C=O) groups is 1. The van der Waals surface area contributed by atoms with Gasteiger partial charge >= 0.3 is 0 Å². The Morgan fingerprint density at radius 3 is 2.60 bits per heavy atom. The molecule has 0 aliphatic carbocycles. The molecule has 1 N–H and O–H groups in total. The van der Waals surface area contributed by atoms with Crippen molar-refractivity contribution in [3.63, 3.8) is 0 Å². The Kier molecular flexibility index (Phi) is 7.82. The summed E-state index contributed by atoms with van der Waals surface area (Å²) in [5, 5.41) is 3.44. The number of benzene rings is 2. The largest absolute Gasteiger partial charge is 0.341 e. The van der Waals surface area contributed by atoms with Crippen LogP contribution in [0.15, 0.2) is 54.6 Å². The first-order valence-electron chi connectivity index (χ1n) is 8.42. The minimum Gasteiger partial charge on any atom is -0.341 e. The lowest BCUT2D eigenvalue weighted by Gasteiger charge is -2.26. The number of carbonyl (C=O) groups excluding carboxylic acids is 1. The molecule has 134 valence electrons. The number of nitrogens with one attached hydrogen (secondary N) is 1. The number of hydrogen-bond acceptors (Lipinski definition) is 3. The fraction of sp³-hybridized carbons (Fsp3) is 0.350. The first-order valence-corrected chi connectivity index (χ1v) is 9.58. The van der Waals surface area contributed by atoms with Crippen LogP contribution in [0.4, 0.5) is 0 Å². The molecule has 1 unspecified atom stereocenters. The van der Waals surface area contributed by atoms with Gasteiger partial charge in [0.05, 0.1) is 0 Å². The summed E-state index contributed by atoms with van der Waals surface area (Å²) < 4.78 is 0. The van der Waals surface area contributed by atoms with Crippen LogP contribution in [0.2, 0.25) is 0 Å². The van der Waals surface area contributed by atoms with E-state index in [1.54, 1.807) is 0 Å². The summed E-state index contributed by atoms with van der Waals surface area (Å²) in [4.78, 5) is 14.4. The maximum absolute atomic E-state index is 12.5. The van der Waals surface area contributed by atoms with E-state index in [9.17, 15) is 4.79 Å². The minimum atomic E-state index is 0. The third-order valence-electron chi connectivity index (χ3n) is 4.35. The highest BCUT2D eigenvalue weighted by atomic mass is 35.5. The van der Waals surface area contributed by atoms with E-state index in [4.69, 9.17) is 0 Å². The summed E-state index contributed by atoms with van der Waals surface area (Å²) in [6.07, 6.45) is 0.580. The van der Waals surface area contributed by atoms with Crippen LogP contribution < -0.4 is 5.32 Å². The normalized spacial score (nSPS) is 16.8. The van der Waals surface area contributed by atoms with Crippen molar-refractivity contribution in [2.45, 2.75) is 19.0 Å². The van der Waals surface area contributed by atoms with Crippen LogP contribution in [0.3, 0.4) is 0 Å². The van der Waals surface area contributed by atoms with Crippen molar-refractivity contribution in [1.82, 2.24) is 10.2 Å². The summed E-state index contributed by atoms with van der Waals surface area (Å²) >= 11 is 1.93. The lowest BCUT2D eigenvalue weighted by Crippen LogP contribution is -2.41. The summed E-state index contributed by atoms with van der Waals surface area (Å²) in [5.41, 5.74) is 3.58. The number of hydrogen-bond donors (Lipinski definition) is 1. The SMILES string of the molecule is CN(Cc1ccccc1-c1ccccc1)C(=O)CC1CSCCN1.Cl. The van der Waals surface area contributed by atoms with Gasteiger partial charge < -0.3 is 10.2 Å². The molecule has 0 radical (unpaired) electrons. The molecule has 0 spiro atoms. The van der Waals surface area contributed by atoms with Crippen molar-refractivity contribution < 1.29 is 4.79 Å². The molecule has 1 aliphatic rings. The smallest absolute Gasteiger partial charge is 0.224 e. The summed E-state index contributed by atoms with van der Waals surface area (Å²) in [5.74, 6) is 2.38. The van der Waals surface area contributed by atoms with Crippen molar-refractivity contribution in [1.29, 1.82) is 0 Å². The van der Waals surface area contributed by atoms with Gasteiger partial charge in [-0.25, -0.2) is 0 Å². The van der Waals surface area contributed by atoms with Gasteiger partial charge in [-0.05, 0) is 16.7 Å². The van der Waals surface area contributed by atoms with Crippen LogP contribution in [0.25, 0.3) is 11.1 Å². The molecule has 0 bridgehead atoms. The molecule has 5 heteroatoms. The Morgan fingerprint density at radius 1 is 1.16 bits per heavy atom. The summed E-state index contributed by atoms with van der Waals surface area (Å²) in [6, 6.07) is 19.0. The van der Waals surface area contributed by atoms with Gasteiger partial charge in [0, 0.05) is 44.1 Å². The molecule has 0 saturated carbocycles. The third-order valence-corrected chi connectivity index (χ3v) is 5.49. The third kappa shape index (κ3) is 5.50. The van der Waals surface area contributed by atoms with Crippen LogP contribution >= 0.6 is 24.2 Å². The zero-order valence-electron chi connectivity index (χ0n) is 14.5. The van der Waals surface area contributed by atoms with E-state index in [1.165, 1.54) is 16.7 Å². The molecule has 1 saturated heterocycles. The van der Waals surface area contributed by atoms with Gasteiger partial charge in [0.15, 0.2) is 0 Å². The minimum absolute atomic E-state index is 0. The first kappa shape index (κ1) is 19.8. The van der Waals surface area contributed by atoms with E-state index in [0.717, 1.165) is 18.1 Å². The van der Waals surface area contributed by atoms with Crippen molar-refractivity contribution in [3.05, 3.63) is 60.2 Å². The second kappa shape index (κ2) is 9.85. The van der Waals surface area contributed by atoms with Crippen LogP contribution in [0, 0.1) is 0 Å². The molecule has 1 amide bonds. The number of nitrogens with zero attached hydrogens (tertiary/aromatic N) is 1. The van der Waals surface area contributed by atoms with Gasteiger partial charge in [0.1, 0.15) is 0 Å². The molecular weight excluding hydrogens is 352 g/mol. The summed E-state index contributed by atoms with van der Waals surface area (Å²) in [7, 11) is 1.90. The Hall–Kier alpha value is -1.49. The molecule has 0 aromatic heterocycles. The maximum atomic E-state index is 12.5. The summed E-state index contributed by atoms with van der Waals surface area (Å²) in [6.45, 7) is 1.65.